The Bertz CT molecular complexity index is 1340. The number of carbonyl (C=O) groups is 2. The number of phenols is 1. The van der Waals surface area contributed by atoms with Gasteiger partial charge in [-0.1, -0.05) is 47.6 Å². The van der Waals surface area contributed by atoms with Crippen molar-refractivity contribution in [2.75, 3.05) is 27.3 Å². The minimum absolute atomic E-state index is 0.0514. The number of oxime groups is 1. The van der Waals surface area contributed by atoms with Crippen LogP contribution in [0.5, 0.6) is 11.5 Å². The summed E-state index contributed by atoms with van der Waals surface area (Å²) in [7, 11) is 2.83. The maximum Gasteiger partial charge on any atom is 0.254 e. The Morgan fingerprint density at radius 1 is 1.11 bits per heavy atom. The van der Waals surface area contributed by atoms with Crippen LogP contribution in [0.2, 0.25) is 0 Å². The van der Waals surface area contributed by atoms with Gasteiger partial charge in [-0.3, -0.25) is 9.59 Å². The van der Waals surface area contributed by atoms with Gasteiger partial charge in [0, 0.05) is 18.5 Å². The number of hydrogen-bond acceptors (Lipinski definition) is 7. The molecule has 0 spiro atoms. The molecule has 3 N–H and O–H groups in total. The zero-order valence-corrected chi connectivity index (χ0v) is 21.5. The summed E-state index contributed by atoms with van der Waals surface area (Å²) < 4.78 is 5.08. The lowest BCUT2D eigenvalue weighted by molar-refractivity contribution is -0.125. The molecule has 38 heavy (non-hydrogen) atoms. The van der Waals surface area contributed by atoms with Gasteiger partial charge in [0.25, 0.3) is 5.91 Å². The van der Waals surface area contributed by atoms with E-state index in [0.717, 1.165) is 16.7 Å². The van der Waals surface area contributed by atoms with Crippen LogP contribution in [0.3, 0.4) is 0 Å². The van der Waals surface area contributed by atoms with Gasteiger partial charge in [-0.2, -0.15) is 0 Å². The molecule has 2 atom stereocenters. The molecule has 1 aliphatic heterocycles. The van der Waals surface area contributed by atoms with E-state index < -0.39 is 18.1 Å². The van der Waals surface area contributed by atoms with Gasteiger partial charge in [0.05, 0.1) is 25.5 Å². The number of carbonyl (C=O) groups excluding carboxylic acids is 2. The number of aryl methyl sites for hydroxylation is 1. The van der Waals surface area contributed by atoms with Crippen molar-refractivity contribution in [3.05, 3.63) is 83.4 Å². The summed E-state index contributed by atoms with van der Waals surface area (Å²) in [6, 6.07) is 19.0. The fourth-order valence-electron chi connectivity index (χ4n) is 4.54. The van der Waals surface area contributed by atoms with Crippen molar-refractivity contribution in [3.8, 4) is 22.6 Å². The molecule has 0 radical (unpaired) electrons. The van der Waals surface area contributed by atoms with Crippen LogP contribution in [0.25, 0.3) is 11.1 Å². The number of aromatic hydroxyl groups is 1. The van der Waals surface area contributed by atoms with Crippen LogP contribution in [0.1, 0.15) is 34.0 Å². The predicted octanol–water partition coefficient (Wildman–Crippen LogP) is 3.44. The van der Waals surface area contributed by atoms with E-state index in [1.54, 1.807) is 18.2 Å². The molecule has 0 aromatic heterocycles. The first-order valence-electron chi connectivity index (χ1n) is 12.2. The first-order chi connectivity index (χ1) is 18.3. The maximum absolute atomic E-state index is 13.5. The van der Waals surface area contributed by atoms with Crippen molar-refractivity contribution in [3.63, 3.8) is 0 Å². The van der Waals surface area contributed by atoms with Crippen LogP contribution < -0.4 is 10.1 Å². The highest BCUT2D eigenvalue weighted by Crippen LogP contribution is 2.29. The smallest absolute Gasteiger partial charge is 0.254 e. The van der Waals surface area contributed by atoms with E-state index in [1.807, 2.05) is 43.3 Å². The molecule has 0 aliphatic carbocycles. The van der Waals surface area contributed by atoms with Crippen molar-refractivity contribution in [2.45, 2.75) is 25.5 Å². The molecule has 4 rings (SSSR count). The molecule has 9 heteroatoms. The van der Waals surface area contributed by atoms with Crippen LogP contribution in [0.15, 0.2) is 71.9 Å². The minimum Gasteiger partial charge on any atom is -0.504 e. The third-order valence-electron chi connectivity index (χ3n) is 6.59. The topological polar surface area (TPSA) is 121 Å². The number of hydrogen-bond donors (Lipinski definition) is 3. The molecule has 2 amide bonds. The molecule has 1 aliphatic rings. The molecule has 1 fully saturated rings. The molecule has 1 unspecified atom stereocenters. The minimum atomic E-state index is -1.04. The summed E-state index contributed by atoms with van der Waals surface area (Å²) in [5, 5.41) is 27.0. The van der Waals surface area contributed by atoms with Crippen LogP contribution in [-0.4, -0.2) is 66.0 Å². The van der Waals surface area contributed by atoms with Crippen LogP contribution in [0, 0.1) is 6.92 Å². The highest BCUT2D eigenvalue weighted by atomic mass is 16.6. The number of benzene rings is 3. The van der Waals surface area contributed by atoms with Crippen molar-refractivity contribution < 1.29 is 29.4 Å². The van der Waals surface area contributed by atoms with E-state index >= 15 is 0 Å². The van der Waals surface area contributed by atoms with Gasteiger partial charge in [0.15, 0.2) is 11.5 Å². The third kappa shape index (κ3) is 5.78. The maximum atomic E-state index is 13.5. The number of nitrogens with zero attached hydrogens (tertiary/aromatic N) is 2. The quantitative estimate of drug-likeness (QED) is 0.394. The fourth-order valence-corrected chi connectivity index (χ4v) is 4.54. The van der Waals surface area contributed by atoms with E-state index in [9.17, 15) is 19.8 Å². The number of methoxy groups -OCH3 is 1. The van der Waals surface area contributed by atoms with Crippen molar-refractivity contribution in [2.24, 2.45) is 5.16 Å². The number of ether oxygens (including phenoxy) is 1. The Balaban J connectivity index is 1.48. The highest BCUT2D eigenvalue weighted by Gasteiger charge is 2.38. The molecule has 3 aromatic carbocycles. The zero-order valence-electron chi connectivity index (χ0n) is 21.5. The fraction of sp³-hybridized carbons (Fsp3) is 0.276. The normalized spacial score (nSPS) is 16.8. The van der Waals surface area contributed by atoms with Gasteiger partial charge < -0.3 is 30.0 Å². The van der Waals surface area contributed by atoms with E-state index in [1.165, 1.54) is 31.3 Å². The number of likely N-dealkylation sites (tertiary alicyclic amines) is 1. The third-order valence-corrected chi connectivity index (χ3v) is 6.59. The van der Waals surface area contributed by atoms with Gasteiger partial charge in [-0.15, -0.1) is 0 Å². The van der Waals surface area contributed by atoms with E-state index in [0.29, 0.717) is 16.8 Å². The number of rotatable bonds is 8. The Morgan fingerprint density at radius 3 is 2.53 bits per heavy atom. The first-order valence-corrected chi connectivity index (χ1v) is 12.2. The second-order valence-corrected chi connectivity index (χ2v) is 9.08. The Kier molecular flexibility index (Phi) is 8.28. The summed E-state index contributed by atoms with van der Waals surface area (Å²) in [5.74, 6) is -0.550. The lowest BCUT2D eigenvalue weighted by Gasteiger charge is -2.24. The lowest BCUT2D eigenvalue weighted by atomic mass is 9.99. The summed E-state index contributed by atoms with van der Waals surface area (Å²) in [4.78, 5) is 33.0. The number of nitrogens with one attached hydrogen (secondary N) is 1. The van der Waals surface area contributed by atoms with Gasteiger partial charge in [0.1, 0.15) is 13.2 Å². The van der Waals surface area contributed by atoms with E-state index in [-0.39, 0.29) is 36.9 Å². The monoisotopic (exact) mass is 517 g/mol. The predicted molar refractivity (Wildman–Crippen MR) is 143 cm³/mol. The molecule has 198 valence electrons. The second kappa shape index (κ2) is 11.8. The van der Waals surface area contributed by atoms with Crippen LogP contribution in [0.4, 0.5) is 0 Å². The summed E-state index contributed by atoms with van der Waals surface area (Å²) in [6.07, 6.45) is -0.823. The summed E-state index contributed by atoms with van der Waals surface area (Å²) >= 11 is 0. The Hall–Kier alpha value is -4.37. The molecular formula is C29H31N3O6. The number of phenolic OH excluding ortho intramolecular Hbond substituents is 1. The highest BCUT2D eigenvalue weighted by molar-refractivity contribution is 6.05. The lowest BCUT2D eigenvalue weighted by Crippen LogP contribution is -2.46. The van der Waals surface area contributed by atoms with Gasteiger partial charge in [-0.25, -0.2) is 0 Å². The molecular weight excluding hydrogens is 486 g/mol. The number of amides is 2. The average molecular weight is 518 g/mol. The van der Waals surface area contributed by atoms with Crippen LogP contribution in [-0.2, 0) is 9.63 Å². The molecule has 0 saturated carbocycles. The Labute approximate surface area is 221 Å². The van der Waals surface area contributed by atoms with Crippen molar-refractivity contribution in [1.29, 1.82) is 0 Å². The second-order valence-electron chi connectivity index (χ2n) is 9.08. The average Bonchev–Trinajstić information content (AvgIpc) is 3.36. The van der Waals surface area contributed by atoms with Crippen LogP contribution >= 0.6 is 0 Å². The van der Waals surface area contributed by atoms with Gasteiger partial charge >= 0.3 is 0 Å². The molecule has 0 bridgehead atoms. The van der Waals surface area contributed by atoms with Crippen molar-refractivity contribution >= 4 is 17.5 Å². The molecule has 1 saturated heterocycles. The van der Waals surface area contributed by atoms with Gasteiger partial charge in [-0.05, 0) is 53.4 Å². The SMILES string of the molecule is CON=C1C[C@@H](C(=O)NCC(O)c2ccc(O)c(OC)c2)N(C(=O)c2ccc(-c3ccccc3C)cc2)C1. The van der Waals surface area contributed by atoms with Crippen molar-refractivity contribution in [1.82, 2.24) is 10.2 Å². The summed E-state index contributed by atoms with van der Waals surface area (Å²) in [6.45, 7) is 2.10. The largest absolute Gasteiger partial charge is 0.504 e. The summed E-state index contributed by atoms with van der Waals surface area (Å²) in [5.41, 5.74) is 4.71. The first kappa shape index (κ1) is 26.7. The number of aliphatic hydroxyl groups is 1. The zero-order chi connectivity index (χ0) is 27.2. The molecule has 3 aromatic rings. The molecule has 9 nitrogen and oxygen atoms in total. The number of aliphatic hydroxyl groups excluding tert-OH is 1. The standard InChI is InChI=1S/C29H31N3O6/c1-18-6-4-5-7-23(18)19-8-10-20(11-9-19)29(36)32-17-22(31-38-3)15-24(32)28(35)30-16-26(34)21-12-13-25(33)27(14-21)37-2/h4-14,24,26,33-34H,15-17H2,1-3H3,(H,30,35)/t24-,26?/m0/s1. The Morgan fingerprint density at radius 2 is 1.84 bits per heavy atom. The van der Waals surface area contributed by atoms with Gasteiger partial charge in [0.2, 0.25) is 5.91 Å². The van der Waals surface area contributed by atoms with E-state index in [4.69, 9.17) is 9.57 Å². The molecule has 1 heterocycles. The van der Waals surface area contributed by atoms with E-state index in [2.05, 4.69) is 10.5 Å².